The van der Waals surface area contributed by atoms with E-state index in [1.165, 1.54) is 24.2 Å². The quantitative estimate of drug-likeness (QED) is 0.306. The molecule has 0 saturated carbocycles. The van der Waals surface area contributed by atoms with Crippen LogP contribution in [0.4, 0.5) is 0 Å². The zero-order chi connectivity index (χ0) is 12.3. The van der Waals surface area contributed by atoms with Crippen molar-refractivity contribution in [2.75, 3.05) is 0 Å². The van der Waals surface area contributed by atoms with Crippen LogP contribution in [0.5, 0.6) is 0 Å². The molecule has 2 aromatic heterocycles. The molecule has 88 valence electrons. The van der Waals surface area contributed by atoms with Gasteiger partial charge in [-0.25, -0.2) is 15.0 Å². The fourth-order valence-electron chi connectivity index (χ4n) is 1.01. The lowest BCUT2D eigenvalue weighted by molar-refractivity contribution is 0.318. The molecule has 17 heavy (non-hydrogen) atoms. The first-order chi connectivity index (χ1) is 8.19. The van der Waals surface area contributed by atoms with Crippen LogP contribution in [-0.4, -0.2) is 36.2 Å². The predicted molar refractivity (Wildman–Crippen MR) is 59.8 cm³/mol. The van der Waals surface area contributed by atoms with Gasteiger partial charge in [0.2, 0.25) is 5.16 Å². The second kappa shape index (κ2) is 4.78. The van der Waals surface area contributed by atoms with Gasteiger partial charge >= 0.3 is 0 Å². The van der Waals surface area contributed by atoms with Crippen LogP contribution in [0, 0.1) is 6.92 Å². The number of oxime groups is 1. The summed E-state index contributed by atoms with van der Waals surface area (Å²) in [5.74, 6) is 0.650. The van der Waals surface area contributed by atoms with Gasteiger partial charge in [-0.05, 0) is 18.7 Å². The Labute approximate surface area is 100 Å². The van der Waals surface area contributed by atoms with Crippen LogP contribution in [0.15, 0.2) is 27.7 Å². The molecule has 0 atom stereocenters. The van der Waals surface area contributed by atoms with Gasteiger partial charge in [0.1, 0.15) is 16.5 Å². The van der Waals surface area contributed by atoms with Crippen molar-refractivity contribution < 1.29 is 5.21 Å². The van der Waals surface area contributed by atoms with Crippen LogP contribution in [0.3, 0.4) is 0 Å². The van der Waals surface area contributed by atoms with Gasteiger partial charge in [0.15, 0.2) is 5.84 Å². The van der Waals surface area contributed by atoms with Crippen LogP contribution >= 0.6 is 11.8 Å². The molecule has 0 aliphatic rings. The molecule has 0 unspecified atom stereocenters. The van der Waals surface area contributed by atoms with Gasteiger partial charge in [0, 0.05) is 0 Å². The van der Waals surface area contributed by atoms with E-state index in [4.69, 9.17) is 10.9 Å². The Bertz CT molecular complexity index is 535. The zero-order valence-corrected chi connectivity index (χ0v) is 9.64. The third-order valence-electron chi connectivity index (χ3n) is 1.77. The molecule has 0 bridgehead atoms. The zero-order valence-electron chi connectivity index (χ0n) is 8.82. The molecule has 0 fully saturated rings. The molecule has 2 heterocycles. The number of H-pyrrole nitrogens is 1. The van der Waals surface area contributed by atoms with E-state index in [2.05, 4.69) is 30.3 Å². The summed E-state index contributed by atoms with van der Waals surface area (Å²) in [5, 5.41) is 19.2. The van der Waals surface area contributed by atoms with Crippen molar-refractivity contribution in [2.24, 2.45) is 10.9 Å². The highest BCUT2D eigenvalue weighted by Gasteiger charge is 2.06. The maximum Gasteiger partial charge on any atom is 0.214 e. The number of rotatable bonds is 3. The number of aromatic amines is 1. The summed E-state index contributed by atoms with van der Waals surface area (Å²) in [6, 6.07) is 0. The fourth-order valence-corrected chi connectivity index (χ4v) is 1.69. The van der Waals surface area contributed by atoms with Gasteiger partial charge in [-0.2, -0.15) is 0 Å². The second-order valence-corrected chi connectivity index (χ2v) is 4.02. The fraction of sp³-hybridized carbons (Fsp3) is 0.125. The Balaban J connectivity index is 2.13. The van der Waals surface area contributed by atoms with E-state index in [0.717, 1.165) is 5.82 Å². The van der Waals surface area contributed by atoms with E-state index in [9.17, 15) is 0 Å². The van der Waals surface area contributed by atoms with Crippen molar-refractivity contribution in [3.05, 3.63) is 23.9 Å². The second-order valence-electron chi connectivity index (χ2n) is 3.03. The average Bonchev–Trinajstić information content (AvgIpc) is 2.75. The molecule has 2 aromatic rings. The minimum atomic E-state index is -0.0808. The monoisotopic (exact) mass is 251 g/mol. The summed E-state index contributed by atoms with van der Waals surface area (Å²) in [6.07, 6.45) is 2.92. The standard InChI is InChI=1S/C8H9N7OS/c1-4-12-8(14-13-4)17-6-3-10-5(2-11-6)7(9)15-16/h2-3,16H,1H3,(H2,9,15)(H,12,13,14). The normalized spacial score (nSPS) is 11.7. The predicted octanol–water partition coefficient (Wildman–Crippen LogP) is 0.149. The summed E-state index contributed by atoms with van der Waals surface area (Å²) >= 11 is 1.27. The Kier molecular flexibility index (Phi) is 3.19. The SMILES string of the molecule is Cc1nc(Sc2cnc(C(N)=NO)cn2)n[nH]1. The molecule has 0 aliphatic carbocycles. The maximum atomic E-state index is 8.46. The van der Waals surface area contributed by atoms with Crippen LogP contribution < -0.4 is 5.73 Å². The molecule has 0 radical (unpaired) electrons. The number of nitrogens with zero attached hydrogens (tertiary/aromatic N) is 5. The van der Waals surface area contributed by atoms with Crippen molar-refractivity contribution in [1.29, 1.82) is 0 Å². The van der Waals surface area contributed by atoms with Crippen molar-refractivity contribution in [3.8, 4) is 0 Å². The highest BCUT2D eigenvalue weighted by molar-refractivity contribution is 7.99. The van der Waals surface area contributed by atoms with Crippen molar-refractivity contribution in [3.63, 3.8) is 0 Å². The average molecular weight is 251 g/mol. The highest BCUT2D eigenvalue weighted by atomic mass is 32.2. The minimum absolute atomic E-state index is 0.0808. The number of hydrogen-bond acceptors (Lipinski definition) is 7. The van der Waals surface area contributed by atoms with E-state index in [1.807, 2.05) is 6.92 Å². The van der Waals surface area contributed by atoms with Crippen LogP contribution in [0.1, 0.15) is 11.5 Å². The summed E-state index contributed by atoms with van der Waals surface area (Å²) in [4.78, 5) is 12.2. The highest BCUT2D eigenvalue weighted by Crippen LogP contribution is 2.20. The molecular formula is C8H9N7OS. The van der Waals surface area contributed by atoms with E-state index in [-0.39, 0.29) is 5.84 Å². The molecule has 0 aliphatic heterocycles. The van der Waals surface area contributed by atoms with Crippen molar-refractivity contribution >= 4 is 17.6 Å². The van der Waals surface area contributed by atoms with Gasteiger partial charge in [-0.3, -0.25) is 5.10 Å². The van der Waals surface area contributed by atoms with Gasteiger partial charge in [-0.1, -0.05) is 5.16 Å². The number of nitrogens with two attached hydrogens (primary N) is 1. The van der Waals surface area contributed by atoms with Gasteiger partial charge in [0.05, 0.1) is 12.4 Å². The van der Waals surface area contributed by atoms with E-state index < -0.39 is 0 Å². The van der Waals surface area contributed by atoms with Gasteiger partial charge in [-0.15, -0.1) is 5.10 Å². The lowest BCUT2D eigenvalue weighted by Crippen LogP contribution is -2.15. The first kappa shape index (κ1) is 11.3. The Morgan fingerprint density at radius 3 is 2.82 bits per heavy atom. The van der Waals surface area contributed by atoms with Crippen molar-refractivity contribution in [2.45, 2.75) is 17.1 Å². The summed E-state index contributed by atoms with van der Waals surface area (Å²) in [6.45, 7) is 1.81. The maximum absolute atomic E-state index is 8.46. The third-order valence-corrected chi connectivity index (χ3v) is 2.56. The first-order valence-corrected chi connectivity index (χ1v) is 5.37. The Hall–Kier alpha value is -2.16. The number of nitrogens with one attached hydrogen (secondary N) is 1. The summed E-state index contributed by atoms with van der Waals surface area (Å²) in [7, 11) is 0. The lowest BCUT2D eigenvalue weighted by atomic mass is 10.4. The number of amidine groups is 1. The third kappa shape index (κ3) is 2.69. The topological polar surface area (TPSA) is 126 Å². The molecule has 4 N–H and O–H groups in total. The minimum Gasteiger partial charge on any atom is -0.409 e. The van der Waals surface area contributed by atoms with Crippen LogP contribution in [-0.2, 0) is 0 Å². The van der Waals surface area contributed by atoms with Crippen LogP contribution in [0.2, 0.25) is 0 Å². The summed E-state index contributed by atoms with van der Waals surface area (Å²) in [5.41, 5.74) is 5.67. The van der Waals surface area contributed by atoms with E-state index in [0.29, 0.717) is 15.9 Å². The van der Waals surface area contributed by atoms with Gasteiger partial charge < -0.3 is 10.9 Å². The van der Waals surface area contributed by atoms with E-state index >= 15 is 0 Å². The number of aromatic nitrogens is 5. The van der Waals surface area contributed by atoms with Crippen molar-refractivity contribution in [1.82, 2.24) is 25.1 Å². The molecular weight excluding hydrogens is 242 g/mol. The Morgan fingerprint density at radius 2 is 2.29 bits per heavy atom. The largest absolute Gasteiger partial charge is 0.409 e. The lowest BCUT2D eigenvalue weighted by Gasteiger charge is -1.98. The molecule has 0 saturated heterocycles. The number of hydrogen-bond donors (Lipinski definition) is 3. The molecule has 9 heteroatoms. The smallest absolute Gasteiger partial charge is 0.214 e. The van der Waals surface area contributed by atoms with E-state index in [1.54, 1.807) is 0 Å². The molecule has 8 nitrogen and oxygen atoms in total. The summed E-state index contributed by atoms with van der Waals surface area (Å²) < 4.78 is 0. The molecule has 2 rings (SSSR count). The van der Waals surface area contributed by atoms with Gasteiger partial charge in [0.25, 0.3) is 0 Å². The first-order valence-electron chi connectivity index (χ1n) is 4.56. The molecule has 0 spiro atoms. The molecule has 0 aromatic carbocycles. The number of aryl methyl sites for hydroxylation is 1. The Morgan fingerprint density at radius 1 is 1.47 bits per heavy atom. The van der Waals surface area contributed by atoms with Crippen LogP contribution in [0.25, 0.3) is 0 Å². The molecule has 0 amide bonds.